The monoisotopic (exact) mass is 278 g/mol. The highest BCUT2D eigenvalue weighted by Crippen LogP contribution is 2.46. The van der Waals surface area contributed by atoms with E-state index in [1.54, 1.807) is 0 Å². The molecule has 1 aliphatic carbocycles. The molecule has 0 amide bonds. The van der Waals surface area contributed by atoms with Gasteiger partial charge in [0.25, 0.3) is 0 Å². The van der Waals surface area contributed by atoms with Crippen molar-refractivity contribution in [1.82, 2.24) is 0 Å². The first kappa shape index (κ1) is 14.0. The van der Waals surface area contributed by atoms with Crippen LogP contribution in [0.25, 0.3) is 0 Å². The Labute approximate surface area is 119 Å². The molecule has 19 heavy (non-hydrogen) atoms. The summed E-state index contributed by atoms with van der Waals surface area (Å²) in [6.45, 7) is 8.15. The van der Waals surface area contributed by atoms with E-state index in [1.807, 2.05) is 6.92 Å². The number of allylic oxidation sites excluding steroid dienone is 3. The molecule has 2 N–H and O–H groups in total. The van der Waals surface area contributed by atoms with Gasteiger partial charge in [-0.05, 0) is 38.7 Å². The second-order valence-corrected chi connectivity index (χ2v) is 5.80. The molecule has 2 nitrogen and oxygen atoms in total. The van der Waals surface area contributed by atoms with Crippen molar-refractivity contribution in [3.8, 4) is 11.5 Å². The van der Waals surface area contributed by atoms with Crippen molar-refractivity contribution in [2.45, 2.75) is 32.6 Å². The molecule has 0 fully saturated rings. The lowest BCUT2D eigenvalue weighted by molar-refractivity contribution is 0.426. The summed E-state index contributed by atoms with van der Waals surface area (Å²) in [5, 5.41) is 20.0. The third-order valence-corrected chi connectivity index (χ3v) is 4.12. The van der Waals surface area contributed by atoms with Crippen molar-refractivity contribution in [2.75, 3.05) is 0 Å². The summed E-state index contributed by atoms with van der Waals surface area (Å²) in [5.74, 6) is 0.331. The third kappa shape index (κ3) is 2.79. The van der Waals surface area contributed by atoms with Gasteiger partial charge in [-0.3, -0.25) is 0 Å². The van der Waals surface area contributed by atoms with Crippen LogP contribution in [-0.2, 0) is 0 Å². The van der Waals surface area contributed by atoms with Crippen LogP contribution < -0.4 is 0 Å². The lowest BCUT2D eigenvalue weighted by Gasteiger charge is -2.31. The van der Waals surface area contributed by atoms with Crippen LogP contribution in [0, 0.1) is 5.92 Å². The highest BCUT2D eigenvalue weighted by Gasteiger charge is 2.29. The molecular weight excluding hydrogens is 260 g/mol. The number of aromatic hydroxyl groups is 2. The van der Waals surface area contributed by atoms with Gasteiger partial charge >= 0.3 is 0 Å². The van der Waals surface area contributed by atoms with E-state index < -0.39 is 0 Å². The minimum atomic E-state index is -0.0189. The van der Waals surface area contributed by atoms with Crippen LogP contribution in [-0.4, -0.2) is 10.2 Å². The molecule has 1 aromatic carbocycles. The maximum atomic E-state index is 10.1. The first-order valence-corrected chi connectivity index (χ1v) is 6.82. The molecule has 1 aromatic rings. The number of rotatable bonds is 2. The maximum absolute atomic E-state index is 10.1. The van der Waals surface area contributed by atoms with E-state index in [0.717, 1.165) is 18.4 Å². The molecule has 3 heteroatoms. The standard InChI is InChI=1S/C16H19ClO2/c1-9(2)12-5-4-10(3)6-13(12)16-14(17)7-11(18)8-15(16)19/h6-8,12-13,18-19H,1,4-5H2,2-3H3/t12-,13?/m0/s1. The number of benzene rings is 1. The lowest BCUT2D eigenvalue weighted by atomic mass is 9.74. The number of phenolic OH excluding ortho intramolecular Hbond substituents is 2. The summed E-state index contributed by atoms with van der Waals surface area (Å²) < 4.78 is 0. The number of hydrogen-bond donors (Lipinski definition) is 2. The van der Waals surface area contributed by atoms with Crippen molar-refractivity contribution in [3.05, 3.63) is 46.5 Å². The fourth-order valence-electron chi connectivity index (χ4n) is 2.83. The smallest absolute Gasteiger partial charge is 0.124 e. The van der Waals surface area contributed by atoms with Gasteiger partial charge in [0.05, 0.1) is 5.02 Å². The Morgan fingerprint density at radius 1 is 1.37 bits per heavy atom. The third-order valence-electron chi connectivity index (χ3n) is 3.81. The molecule has 0 spiro atoms. The van der Waals surface area contributed by atoms with Crippen LogP contribution in [0.3, 0.4) is 0 Å². The predicted octanol–water partition coefficient (Wildman–Crippen LogP) is 4.77. The quantitative estimate of drug-likeness (QED) is 0.765. The van der Waals surface area contributed by atoms with Crippen molar-refractivity contribution in [2.24, 2.45) is 5.92 Å². The zero-order valence-corrected chi connectivity index (χ0v) is 12.0. The average molecular weight is 279 g/mol. The fourth-order valence-corrected chi connectivity index (χ4v) is 3.16. The summed E-state index contributed by atoms with van der Waals surface area (Å²) in [6.07, 6.45) is 4.21. The van der Waals surface area contributed by atoms with Gasteiger partial charge in [0.2, 0.25) is 0 Å². The molecule has 0 aliphatic heterocycles. The number of halogens is 1. The first-order chi connectivity index (χ1) is 8.90. The van der Waals surface area contributed by atoms with Crippen LogP contribution in [0.4, 0.5) is 0 Å². The Bertz CT molecular complexity index is 523. The SMILES string of the molecule is C=C(C)[C@@H]1CCC(C)=CC1c1c(O)cc(O)cc1Cl. The molecule has 2 atom stereocenters. The van der Waals surface area contributed by atoms with Gasteiger partial charge in [-0.1, -0.05) is 35.4 Å². The molecule has 0 saturated carbocycles. The minimum absolute atomic E-state index is 0.0189. The molecule has 0 heterocycles. The second-order valence-electron chi connectivity index (χ2n) is 5.39. The fraction of sp³-hybridized carbons (Fsp3) is 0.375. The van der Waals surface area contributed by atoms with Gasteiger partial charge in [-0.25, -0.2) is 0 Å². The van der Waals surface area contributed by atoms with Crippen LogP contribution in [0.5, 0.6) is 11.5 Å². The summed E-state index contributed by atoms with van der Waals surface area (Å²) in [6, 6.07) is 2.82. The minimum Gasteiger partial charge on any atom is -0.508 e. The topological polar surface area (TPSA) is 40.5 Å². The van der Waals surface area contributed by atoms with E-state index in [0.29, 0.717) is 10.6 Å². The van der Waals surface area contributed by atoms with Gasteiger partial charge in [0.1, 0.15) is 11.5 Å². The van der Waals surface area contributed by atoms with Crippen LogP contribution >= 0.6 is 11.6 Å². The zero-order chi connectivity index (χ0) is 14.2. The van der Waals surface area contributed by atoms with Crippen molar-refractivity contribution >= 4 is 11.6 Å². The zero-order valence-electron chi connectivity index (χ0n) is 11.3. The van der Waals surface area contributed by atoms with E-state index in [4.69, 9.17) is 11.6 Å². The molecule has 0 bridgehead atoms. The van der Waals surface area contributed by atoms with E-state index in [2.05, 4.69) is 19.6 Å². The van der Waals surface area contributed by atoms with Crippen LogP contribution in [0.1, 0.15) is 38.2 Å². The molecule has 2 rings (SSSR count). The molecule has 1 unspecified atom stereocenters. The van der Waals surface area contributed by atoms with E-state index in [9.17, 15) is 10.2 Å². The van der Waals surface area contributed by atoms with E-state index in [1.165, 1.54) is 17.7 Å². The van der Waals surface area contributed by atoms with Crippen molar-refractivity contribution < 1.29 is 10.2 Å². The number of phenols is 2. The Hall–Kier alpha value is -1.41. The molecule has 0 aromatic heterocycles. The van der Waals surface area contributed by atoms with Crippen molar-refractivity contribution in [1.29, 1.82) is 0 Å². The normalized spacial score (nSPS) is 23.0. The van der Waals surface area contributed by atoms with Gasteiger partial charge in [0.15, 0.2) is 0 Å². The highest BCUT2D eigenvalue weighted by molar-refractivity contribution is 6.31. The van der Waals surface area contributed by atoms with E-state index in [-0.39, 0.29) is 23.3 Å². The lowest BCUT2D eigenvalue weighted by Crippen LogP contribution is -2.17. The number of hydrogen-bond acceptors (Lipinski definition) is 2. The highest BCUT2D eigenvalue weighted by atomic mass is 35.5. The van der Waals surface area contributed by atoms with E-state index >= 15 is 0 Å². The second kappa shape index (κ2) is 5.30. The van der Waals surface area contributed by atoms with Crippen LogP contribution in [0.2, 0.25) is 5.02 Å². The van der Waals surface area contributed by atoms with Gasteiger partial charge in [0, 0.05) is 17.5 Å². The van der Waals surface area contributed by atoms with Crippen LogP contribution in [0.15, 0.2) is 35.9 Å². The van der Waals surface area contributed by atoms with Gasteiger partial charge in [-0.2, -0.15) is 0 Å². The van der Waals surface area contributed by atoms with Crippen molar-refractivity contribution in [3.63, 3.8) is 0 Å². The molecular formula is C16H19ClO2. The molecule has 0 radical (unpaired) electrons. The predicted molar refractivity (Wildman–Crippen MR) is 78.8 cm³/mol. The maximum Gasteiger partial charge on any atom is 0.124 e. The Morgan fingerprint density at radius 2 is 2.05 bits per heavy atom. The summed E-state index contributed by atoms with van der Waals surface area (Å²) in [7, 11) is 0. The molecule has 102 valence electrons. The van der Waals surface area contributed by atoms with Gasteiger partial charge < -0.3 is 10.2 Å². The first-order valence-electron chi connectivity index (χ1n) is 6.44. The Kier molecular flexibility index (Phi) is 3.91. The largest absolute Gasteiger partial charge is 0.508 e. The summed E-state index contributed by atoms with van der Waals surface area (Å²) in [5.41, 5.74) is 3.08. The average Bonchev–Trinajstić information content (AvgIpc) is 2.27. The molecule has 1 aliphatic rings. The summed E-state index contributed by atoms with van der Waals surface area (Å²) in [4.78, 5) is 0. The van der Waals surface area contributed by atoms with Gasteiger partial charge in [-0.15, -0.1) is 0 Å². The molecule has 0 saturated heterocycles. The Balaban J connectivity index is 2.54. The Morgan fingerprint density at radius 3 is 2.63 bits per heavy atom. The summed E-state index contributed by atoms with van der Waals surface area (Å²) >= 11 is 6.21.